The van der Waals surface area contributed by atoms with Crippen LogP contribution in [0, 0.1) is 0 Å². The fourth-order valence-corrected chi connectivity index (χ4v) is 9.75. The molecule has 8 nitrogen and oxygen atoms in total. The van der Waals surface area contributed by atoms with Gasteiger partial charge in [-0.15, -0.1) is 0 Å². The molecule has 0 atom stereocenters. The molecule has 3 fully saturated rings. The van der Waals surface area contributed by atoms with E-state index in [2.05, 4.69) is 290 Å². The number of piperidine rings is 2. The smallest absolute Gasteiger partial charge is 0.0642 e. The van der Waals surface area contributed by atoms with Crippen molar-refractivity contribution in [3.63, 3.8) is 0 Å². The summed E-state index contributed by atoms with van der Waals surface area (Å²) in [5.41, 5.74) is 14.8. The van der Waals surface area contributed by atoms with Gasteiger partial charge in [0.05, 0.1) is 19.3 Å². The third-order valence-electron chi connectivity index (χ3n) is 15.6. The van der Waals surface area contributed by atoms with Crippen LogP contribution in [0.15, 0.2) is 121 Å². The molecule has 0 unspecified atom stereocenters. The predicted octanol–water partition coefficient (Wildman–Crippen LogP) is 15.7. The van der Waals surface area contributed by atoms with Crippen molar-refractivity contribution in [1.29, 1.82) is 0 Å². The number of benzene rings is 5. The monoisotopic (exact) mass is 1090 g/mol. The first-order valence-corrected chi connectivity index (χ1v) is 30.4. The fraction of sp³-hybridized carbons (Fsp3) is 0.583. The summed E-state index contributed by atoms with van der Waals surface area (Å²) in [7, 11) is 8.54. The standard InChI is InChI=1S/C16H26N2.C15H23NO.C14H21NO.C14H23N.C13H21N/c1-16(2,3)13-5-7-14(8-6-13)17-15-9-11-18(4)12-10-15;1-15(2,3)12-4-6-13(7-5-12)16-10-8-14(17)9-11-16;1-14(2,3)12-4-6-13(7-5-12)15-8-10-16-11-9-15;1-6-15(5)11-12-7-9-13(10-8-12)14(2,3)4;1-13(2,3)12-8-6-11(7-9-12)10-14(4)5/h5-8,15,17H,9-12H2,1-4H3;4-7,14,17H,8-11H2,1-3H3;4-7H,8-11H2,1-3H3;7-10H,6,11H2,1-5H3;6-9H,10H2,1-5H3. The van der Waals surface area contributed by atoms with Crippen LogP contribution in [-0.4, -0.2) is 119 Å². The molecule has 2 N–H and O–H groups in total. The quantitative estimate of drug-likeness (QED) is 0.151. The first-order valence-electron chi connectivity index (χ1n) is 30.4. The van der Waals surface area contributed by atoms with Crippen LogP contribution in [0.4, 0.5) is 17.1 Å². The predicted molar refractivity (Wildman–Crippen MR) is 350 cm³/mol. The van der Waals surface area contributed by atoms with Gasteiger partial charge in [0.1, 0.15) is 0 Å². The molecule has 8 heteroatoms. The van der Waals surface area contributed by atoms with Crippen molar-refractivity contribution in [3.8, 4) is 0 Å². The number of anilines is 3. The maximum absolute atomic E-state index is 9.50. The van der Waals surface area contributed by atoms with Gasteiger partial charge in [0.25, 0.3) is 0 Å². The number of rotatable bonds is 9. The van der Waals surface area contributed by atoms with E-state index in [-0.39, 0.29) is 33.2 Å². The Morgan fingerprint density at radius 2 is 0.775 bits per heavy atom. The average Bonchev–Trinajstić information content (AvgIpc) is 3.40. The minimum absolute atomic E-state index is 0.0971. The summed E-state index contributed by atoms with van der Waals surface area (Å²) in [5.74, 6) is 0. The van der Waals surface area contributed by atoms with E-state index in [1.165, 1.54) is 81.9 Å². The van der Waals surface area contributed by atoms with E-state index in [1.807, 2.05) is 0 Å². The van der Waals surface area contributed by atoms with E-state index >= 15 is 0 Å². The number of morpholine rings is 1. The van der Waals surface area contributed by atoms with Gasteiger partial charge in [0, 0.05) is 62.4 Å². The Balaban J connectivity index is 0.000000216. The van der Waals surface area contributed by atoms with Crippen molar-refractivity contribution in [2.45, 2.75) is 189 Å². The summed E-state index contributed by atoms with van der Waals surface area (Å²) in [6.07, 6.45) is 4.18. The first-order chi connectivity index (χ1) is 37.3. The number of hydrogen-bond acceptors (Lipinski definition) is 8. The number of ether oxygens (including phenoxy) is 1. The molecule has 0 spiro atoms. The van der Waals surface area contributed by atoms with Gasteiger partial charge >= 0.3 is 0 Å². The number of aliphatic hydroxyl groups excluding tert-OH is 1. The second-order valence-electron chi connectivity index (χ2n) is 28.4. The minimum atomic E-state index is -0.0971. The lowest BCUT2D eigenvalue weighted by molar-refractivity contribution is 0.122. The maximum atomic E-state index is 9.50. The second-order valence-corrected chi connectivity index (χ2v) is 28.4. The van der Waals surface area contributed by atoms with Gasteiger partial charge in [-0.3, -0.25) is 0 Å². The molecule has 5 aromatic carbocycles. The van der Waals surface area contributed by atoms with Gasteiger partial charge in [-0.05, 0) is 176 Å². The van der Waals surface area contributed by atoms with E-state index in [9.17, 15) is 5.11 Å². The average molecular weight is 1100 g/mol. The molecule has 5 aromatic rings. The van der Waals surface area contributed by atoms with E-state index in [4.69, 9.17) is 4.74 Å². The Morgan fingerprint density at radius 1 is 0.450 bits per heavy atom. The summed E-state index contributed by atoms with van der Waals surface area (Å²) in [5, 5.41) is 13.2. The van der Waals surface area contributed by atoms with Gasteiger partial charge in [0.2, 0.25) is 0 Å². The maximum Gasteiger partial charge on any atom is 0.0642 e. The Bertz CT molecular complexity index is 2440. The SMILES string of the molecule is CC(C)(C)c1ccc(N2CCC(O)CC2)cc1.CC(C)(C)c1ccc(N2CCOCC2)cc1.CCN(C)Cc1ccc(C(C)(C)C)cc1.CN(C)Cc1ccc(C(C)(C)C)cc1.CN1CCC(Nc2ccc(C(C)(C)C)cc2)CC1. The number of hydrogen-bond donors (Lipinski definition) is 2. The van der Waals surface area contributed by atoms with Crippen LogP contribution in [0.3, 0.4) is 0 Å². The molecule has 0 bridgehead atoms. The summed E-state index contributed by atoms with van der Waals surface area (Å²) < 4.78 is 5.36. The Hall–Kier alpha value is -4.70. The van der Waals surface area contributed by atoms with Gasteiger partial charge in [-0.1, -0.05) is 196 Å². The molecule has 0 saturated carbocycles. The Labute approximate surface area is 490 Å². The lowest BCUT2D eigenvalue weighted by Crippen LogP contribution is -2.36. The van der Waals surface area contributed by atoms with Gasteiger partial charge < -0.3 is 39.7 Å². The highest BCUT2D eigenvalue weighted by atomic mass is 16.5. The zero-order chi connectivity index (χ0) is 59.5. The van der Waals surface area contributed by atoms with Gasteiger partial charge in [-0.2, -0.15) is 0 Å². The molecule has 3 heterocycles. The fourth-order valence-electron chi connectivity index (χ4n) is 9.75. The molecule has 3 aliphatic rings. The molecule has 444 valence electrons. The van der Waals surface area contributed by atoms with Crippen LogP contribution in [0.1, 0.15) is 175 Å². The third kappa shape index (κ3) is 24.4. The molecule has 80 heavy (non-hydrogen) atoms. The Morgan fingerprint density at radius 3 is 1.11 bits per heavy atom. The topological polar surface area (TPSA) is 57.7 Å². The van der Waals surface area contributed by atoms with Gasteiger partial charge in [0.15, 0.2) is 0 Å². The first kappa shape index (κ1) is 67.8. The molecule has 3 saturated heterocycles. The minimum Gasteiger partial charge on any atom is -0.393 e. The number of likely N-dealkylation sites (tertiary alicyclic amines) is 1. The zero-order valence-electron chi connectivity index (χ0n) is 54.4. The van der Waals surface area contributed by atoms with Crippen LogP contribution in [0.25, 0.3) is 0 Å². The summed E-state index contributed by atoms with van der Waals surface area (Å²) in [6, 6.07) is 45.3. The third-order valence-corrected chi connectivity index (χ3v) is 15.6. The molecule has 3 aliphatic heterocycles. The number of aliphatic hydroxyl groups is 1. The molecule has 0 aliphatic carbocycles. The molecular formula is C72H114N6O2. The molecule has 0 aromatic heterocycles. The highest BCUT2D eigenvalue weighted by molar-refractivity contribution is 5.50. The van der Waals surface area contributed by atoms with E-state index in [1.54, 1.807) is 0 Å². The van der Waals surface area contributed by atoms with Crippen LogP contribution in [0.2, 0.25) is 0 Å². The molecular weight excluding hydrogens is 981 g/mol. The van der Waals surface area contributed by atoms with Crippen LogP contribution >= 0.6 is 0 Å². The van der Waals surface area contributed by atoms with Gasteiger partial charge in [-0.25, -0.2) is 0 Å². The normalized spacial score (nSPS) is 16.1. The zero-order valence-corrected chi connectivity index (χ0v) is 54.4. The van der Waals surface area contributed by atoms with E-state index in [0.717, 1.165) is 71.9 Å². The van der Waals surface area contributed by atoms with Crippen molar-refractivity contribution in [3.05, 3.63) is 160 Å². The summed E-state index contributed by atoms with van der Waals surface area (Å²) in [4.78, 5) is 11.6. The van der Waals surface area contributed by atoms with Crippen molar-refractivity contribution in [2.24, 2.45) is 0 Å². The van der Waals surface area contributed by atoms with Crippen molar-refractivity contribution in [1.82, 2.24) is 14.7 Å². The highest BCUT2D eigenvalue weighted by Crippen LogP contribution is 2.29. The van der Waals surface area contributed by atoms with Crippen molar-refractivity contribution >= 4 is 17.1 Å². The number of nitrogens with one attached hydrogen (secondary N) is 1. The van der Waals surface area contributed by atoms with Crippen molar-refractivity contribution in [2.75, 3.05) is 102 Å². The van der Waals surface area contributed by atoms with Crippen LogP contribution in [0.5, 0.6) is 0 Å². The summed E-state index contributed by atoms with van der Waals surface area (Å²) in [6.45, 7) is 47.1. The van der Waals surface area contributed by atoms with Crippen LogP contribution in [-0.2, 0) is 44.9 Å². The Kier molecular flexibility index (Phi) is 26.4. The van der Waals surface area contributed by atoms with E-state index < -0.39 is 0 Å². The highest BCUT2D eigenvalue weighted by Gasteiger charge is 2.21. The lowest BCUT2D eigenvalue weighted by atomic mass is 9.87. The lowest BCUT2D eigenvalue weighted by Gasteiger charge is -2.32. The largest absolute Gasteiger partial charge is 0.393 e. The van der Waals surface area contributed by atoms with Crippen molar-refractivity contribution < 1.29 is 9.84 Å². The summed E-state index contributed by atoms with van der Waals surface area (Å²) >= 11 is 0. The molecule has 0 radical (unpaired) electrons. The second kappa shape index (κ2) is 31.1. The molecule has 0 amide bonds. The van der Waals surface area contributed by atoms with E-state index in [0.29, 0.717) is 6.04 Å². The number of nitrogens with zero attached hydrogens (tertiary/aromatic N) is 5. The molecule has 8 rings (SSSR count). The van der Waals surface area contributed by atoms with Crippen LogP contribution < -0.4 is 15.1 Å².